The summed E-state index contributed by atoms with van der Waals surface area (Å²) in [4.78, 5) is 23.7. The SMILES string of the molecule is CCCCNCCC(=O)Nc1ccccc1C(=O)OCC. The average Bonchev–Trinajstić information content (AvgIpc) is 2.48. The number of hydrogen-bond acceptors (Lipinski definition) is 4. The Bertz CT molecular complexity index is 461. The maximum absolute atomic E-state index is 11.9. The van der Waals surface area contributed by atoms with E-state index in [1.807, 2.05) is 0 Å². The van der Waals surface area contributed by atoms with Crippen LogP contribution in [0, 0.1) is 0 Å². The van der Waals surface area contributed by atoms with Crippen LogP contribution in [-0.4, -0.2) is 31.6 Å². The molecule has 21 heavy (non-hydrogen) atoms. The van der Waals surface area contributed by atoms with Gasteiger partial charge in [-0.15, -0.1) is 0 Å². The fourth-order valence-electron chi connectivity index (χ4n) is 1.82. The van der Waals surface area contributed by atoms with Crippen LogP contribution in [0.3, 0.4) is 0 Å². The van der Waals surface area contributed by atoms with Crippen molar-refractivity contribution >= 4 is 17.6 Å². The summed E-state index contributed by atoms with van der Waals surface area (Å²) in [6.45, 7) is 5.74. The number of unbranched alkanes of at least 4 members (excludes halogenated alkanes) is 1. The van der Waals surface area contributed by atoms with E-state index in [0.29, 0.717) is 30.8 Å². The third kappa shape index (κ3) is 6.40. The lowest BCUT2D eigenvalue weighted by Gasteiger charge is -2.10. The van der Waals surface area contributed by atoms with E-state index in [1.165, 1.54) is 0 Å². The summed E-state index contributed by atoms with van der Waals surface area (Å²) in [7, 11) is 0. The molecule has 0 saturated heterocycles. The standard InChI is InChI=1S/C16H24N2O3/c1-3-5-11-17-12-10-15(19)18-14-9-7-6-8-13(14)16(20)21-4-2/h6-9,17H,3-5,10-12H2,1-2H3,(H,18,19). The van der Waals surface area contributed by atoms with E-state index in [4.69, 9.17) is 4.74 Å². The number of amides is 1. The lowest BCUT2D eigenvalue weighted by molar-refractivity contribution is -0.116. The first kappa shape index (κ1) is 17.2. The molecular weight excluding hydrogens is 268 g/mol. The second-order valence-electron chi connectivity index (χ2n) is 4.67. The number of nitrogens with one attached hydrogen (secondary N) is 2. The third-order valence-corrected chi connectivity index (χ3v) is 2.93. The van der Waals surface area contributed by atoms with Gasteiger partial charge in [0, 0.05) is 13.0 Å². The van der Waals surface area contributed by atoms with Crippen molar-refractivity contribution in [3.05, 3.63) is 29.8 Å². The van der Waals surface area contributed by atoms with Crippen LogP contribution in [0.2, 0.25) is 0 Å². The monoisotopic (exact) mass is 292 g/mol. The molecule has 0 radical (unpaired) electrons. The largest absolute Gasteiger partial charge is 0.462 e. The van der Waals surface area contributed by atoms with Crippen LogP contribution < -0.4 is 10.6 Å². The molecule has 1 amide bonds. The molecule has 1 aromatic rings. The summed E-state index contributed by atoms with van der Waals surface area (Å²) in [6, 6.07) is 6.87. The predicted octanol–water partition coefficient (Wildman–Crippen LogP) is 2.58. The van der Waals surface area contributed by atoms with Crippen LogP contribution >= 0.6 is 0 Å². The fraction of sp³-hybridized carbons (Fsp3) is 0.500. The smallest absolute Gasteiger partial charge is 0.340 e. The van der Waals surface area contributed by atoms with E-state index in [0.717, 1.165) is 19.4 Å². The number of benzene rings is 1. The van der Waals surface area contributed by atoms with Crippen molar-refractivity contribution in [3.63, 3.8) is 0 Å². The zero-order valence-electron chi connectivity index (χ0n) is 12.8. The van der Waals surface area contributed by atoms with Crippen LogP contribution in [0.5, 0.6) is 0 Å². The minimum absolute atomic E-state index is 0.115. The van der Waals surface area contributed by atoms with Gasteiger partial charge in [-0.05, 0) is 32.0 Å². The topological polar surface area (TPSA) is 67.4 Å². The van der Waals surface area contributed by atoms with Gasteiger partial charge in [-0.3, -0.25) is 4.79 Å². The van der Waals surface area contributed by atoms with Crippen LogP contribution in [0.15, 0.2) is 24.3 Å². The number of esters is 1. The van der Waals surface area contributed by atoms with Crippen molar-refractivity contribution < 1.29 is 14.3 Å². The summed E-state index contributed by atoms with van der Waals surface area (Å²) in [5, 5.41) is 5.97. The lowest BCUT2D eigenvalue weighted by Crippen LogP contribution is -2.23. The molecule has 0 saturated carbocycles. The average molecular weight is 292 g/mol. The Balaban J connectivity index is 2.50. The molecule has 5 heteroatoms. The maximum atomic E-state index is 11.9. The number of anilines is 1. The Morgan fingerprint density at radius 2 is 1.90 bits per heavy atom. The fourth-order valence-corrected chi connectivity index (χ4v) is 1.82. The Morgan fingerprint density at radius 1 is 1.14 bits per heavy atom. The summed E-state index contributed by atoms with van der Waals surface area (Å²) in [6.07, 6.45) is 2.61. The van der Waals surface area contributed by atoms with Gasteiger partial charge in [-0.1, -0.05) is 25.5 Å². The third-order valence-electron chi connectivity index (χ3n) is 2.93. The zero-order chi connectivity index (χ0) is 15.5. The molecule has 0 aliphatic heterocycles. The van der Waals surface area contributed by atoms with Gasteiger partial charge in [-0.25, -0.2) is 4.79 Å². The molecule has 5 nitrogen and oxygen atoms in total. The number of carbonyl (C=O) groups is 2. The number of para-hydroxylation sites is 1. The molecule has 0 bridgehead atoms. The van der Waals surface area contributed by atoms with E-state index < -0.39 is 5.97 Å². The minimum Gasteiger partial charge on any atom is -0.462 e. The highest BCUT2D eigenvalue weighted by atomic mass is 16.5. The molecule has 0 fully saturated rings. The summed E-state index contributed by atoms with van der Waals surface area (Å²) in [5.74, 6) is -0.537. The first-order valence-electron chi connectivity index (χ1n) is 7.45. The van der Waals surface area contributed by atoms with Crippen LogP contribution in [0.25, 0.3) is 0 Å². The second-order valence-corrected chi connectivity index (χ2v) is 4.67. The Morgan fingerprint density at radius 3 is 2.62 bits per heavy atom. The summed E-state index contributed by atoms with van der Waals surface area (Å²) in [5.41, 5.74) is 0.876. The van der Waals surface area contributed by atoms with Crippen molar-refractivity contribution in [2.24, 2.45) is 0 Å². The maximum Gasteiger partial charge on any atom is 0.340 e. The molecule has 1 rings (SSSR count). The quantitative estimate of drug-likeness (QED) is 0.542. The summed E-state index contributed by atoms with van der Waals surface area (Å²) >= 11 is 0. The van der Waals surface area contributed by atoms with E-state index in [9.17, 15) is 9.59 Å². The molecule has 0 aliphatic carbocycles. The highest BCUT2D eigenvalue weighted by molar-refractivity contribution is 6.01. The van der Waals surface area contributed by atoms with Gasteiger partial charge in [0.1, 0.15) is 0 Å². The minimum atomic E-state index is -0.422. The first-order valence-corrected chi connectivity index (χ1v) is 7.45. The molecule has 0 aromatic heterocycles. The lowest BCUT2D eigenvalue weighted by atomic mass is 10.1. The van der Waals surface area contributed by atoms with Gasteiger partial charge in [-0.2, -0.15) is 0 Å². The van der Waals surface area contributed by atoms with Gasteiger partial charge in [0.25, 0.3) is 0 Å². The van der Waals surface area contributed by atoms with Crippen molar-refractivity contribution in [2.45, 2.75) is 33.1 Å². The zero-order valence-corrected chi connectivity index (χ0v) is 12.8. The predicted molar refractivity (Wildman–Crippen MR) is 83.4 cm³/mol. The summed E-state index contributed by atoms with van der Waals surface area (Å²) < 4.78 is 4.97. The van der Waals surface area contributed by atoms with Crippen LogP contribution in [0.4, 0.5) is 5.69 Å². The first-order chi connectivity index (χ1) is 10.2. The van der Waals surface area contributed by atoms with Crippen molar-refractivity contribution in [1.82, 2.24) is 5.32 Å². The molecule has 0 spiro atoms. The number of rotatable bonds is 9. The molecule has 0 heterocycles. The molecule has 0 aliphatic rings. The highest BCUT2D eigenvalue weighted by Gasteiger charge is 2.13. The van der Waals surface area contributed by atoms with Crippen LogP contribution in [-0.2, 0) is 9.53 Å². The van der Waals surface area contributed by atoms with Crippen molar-refractivity contribution in [2.75, 3.05) is 25.0 Å². The Labute approximate surface area is 126 Å². The van der Waals surface area contributed by atoms with Gasteiger partial charge >= 0.3 is 5.97 Å². The Hall–Kier alpha value is -1.88. The molecule has 0 unspecified atom stereocenters. The van der Waals surface area contributed by atoms with Gasteiger partial charge in [0.2, 0.25) is 5.91 Å². The van der Waals surface area contributed by atoms with E-state index >= 15 is 0 Å². The number of hydrogen-bond donors (Lipinski definition) is 2. The number of carbonyl (C=O) groups excluding carboxylic acids is 2. The normalized spacial score (nSPS) is 10.2. The van der Waals surface area contributed by atoms with Gasteiger partial charge in [0.15, 0.2) is 0 Å². The number of ether oxygens (including phenoxy) is 1. The van der Waals surface area contributed by atoms with Gasteiger partial charge in [0.05, 0.1) is 17.9 Å². The molecule has 2 N–H and O–H groups in total. The van der Waals surface area contributed by atoms with Crippen molar-refractivity contribution in [1.29, 1.82) is 0 Å². The highest BCUT2D eigenvalue weighted by Crippen LogP contribution is 2.16. The second kappa shape index (κ2) is 9.94. The molecule has 116 valence electrons. The van der Waals surface area contributed by atoms with Crippen LogP contribution in [0.1, 0.15) is 43.5 Å². The molecule has 0 atom stereocenters. The molecular formula is C16H24N2O3. The van der Waals surface area contributed by atoms with E-state index in [1.54, 1.807) is 31.2 Å². The van der Waals surface area contributed by atoms with E-state index in [2.05, 4.69) is 17.6 Å². The van der Waals surface area contributed by atoms with Crippen molar-refractivity contribution in [3.8, 4) is 0 Å². The Kier molecular flexibility index (Phi) is 8.12. The van der Waals surface area contributed by atoms with Gasteiger partial charge < -0.3 is 15.4 Å². The van der Waals surface area contributed by atoms with E-state index in [-0.39, 0.29) is 5.91 Å². The molecule has 1 aromatic carbocycles.